The van der Waals surface area contributed by atoms with E-state index in [9.17, 15) is 0 Å². The van der Waals surface area contributed by atoms with E-state index in [-0.39, 0.29) is 11.5 Å². The van der Waals surface area contributed by atoms with Crippen LogP contribution in [-0.4, -0.2) is 11.0 Å². The fourth-order valence-electron chi connectivity index (χ4n) is 2.90. The van der Waals surface area contributed by atoms with Crippen molar-refractivity contribution >= 4 is 11.1 Å². The maximum atomic E-state index is 6.30. The molecule has 3 rings (SSSR count). The van der Waals surface area contributed by atoms with Crippen molar-refractivity contribution in [1.82, 2.24) is 4.98 Å². The summed E-state index contributed by atoms with van der Waals surface area (Å²) in [6, 6.07) is 6.29. The average Bonchev–Trinajstić information content (AvgIpc) is 2.76. The maximum Gasteiger partial charge on any atom is 0.202 e. The monoisotopic (exact) mass is 244 g/mol. The number of aryl methyl sites for hydroxylation is 1. The Morgan fingerprint density at radius 2 is 2.22 bits per heavy atom. The maximum absolute atomic E-state index is 6.30. The number of nitrogens with zero attached hydrogens (tertiary/aromatic N) is 1. The lowest BCUT2D eigenvalue weighted by atomic mass is 9.72. The van der Waals surface area contributed by atoms with E-state index in [1.54, 1.807) is 0 Å². The molecule has 2 atom stereocenters. The first-order valence-corrected chi connectivity index (χ1v) is 6.73. The molecule has 1 heterocycles. The number of fused-ring (bicyclic) bond motifs is 1. The average molecular weight is 244 g/mol. The molecular weight excluding hydrogens is 224 g/mol. The molecule has 96 valence electrons. The summed E-state index contributed by atoms with van der Waals surface area (Å²) >= 11 is 0. The van der Waals surface area contributed by atoms with Crippen molar-refractivity contribution in [3.8, 4) is 0 Å². The molecule has 0 saturated heterocycles. The lowest BCUT2D eigenvalue weighted by molar-refractivity contribution is 0.226. The van der Waals surface area contributed by atoms with E-state index in [0.29, 0.717) is 0 Å². The minimum atomic E-state index is -0.106. The second-order valence-electron chi connectivity index (χ2n) is 5.76. The first-order chi connectivity index (χ1) is 8.59. The third-order valence-electron chi connectivity index (χ3n) is 4.31. The summed E-state index contributed by atoms with van der Waals surface area (Å²) < 4.78 is 5.97. The predicted molar refractivity (Wildman–Crippen MR) is 72.5 cm³/mol. The van der Waals surface area contributed by atoms with Crippen LogP contribution in [0.4, 0.5) is 0 Å². The number of rotatable bonds is 1. The van der Waals surface area contributed by atoms with Crippen LogP contribution in [0.1, 0.15) is 44.1 Å². The SMILES string of the molecule is Cc1ccc2nc(C3(C)CCCCC3N)oc2c1. The molecule has 1 aliphatic carbocycles. The molecular formula is C15H20N2O. The highest BCUT2D eigenvalue weighted by atomic mass is 16.3. The van der Waals surface area contributed by atoms with Crippen molar-refractivity contribution in [2.75, 3.05) is 0 Å². The molecule has 1 aromatic heterocycles. The fraction of sp³-hybridized carbons (Fsp3) is 0.533. The molecule has 1 aliphatic rings. The molecule has 0 radical (unpaired) electrons. The molecule has 0 spiro atoms. The van der Waals surface area contributed by atoms with Gasteiger partial charge in [-0.15, -0.1) is 0 Å². The van der Waals surface area contributed by atoms with Crippen LogP contribution < -0.4 is 5.73 Å². The Morgan fingerprint density at radius 1 is 1.39 bits per heavy atom. The molecule has 1 fully saturated rings. The molecule has 2 aromatic rings. The van der Waals surface area contributed by atoms with Crippen LogP contribution in [-0.2, 0) is 5.41 Å². The minimum Gasteiger partial charge on any atom is -0.440 e. The van der Waals surface area contributed by atoms with E-state index in [1.165, 1.54) is 18.4 Å². The van der Waals surface area contributed by atoms with E-state index in [4.69, 9.17) is 10.2 Å². The van der Waals surface area contributed by atoms with Gasteiger partial charge in [0.25, 0.3) is 0 Å². The van der Waals surface area contributed by atoms with E-state index in [2.05, 4.69) is 24.9 Å². The van der Waals surface area contributed by atoms with Crippen LogP contribution in [0.5, 0.6) is 0 Å². The van der Waals surface area contributed by atoms with Crippen LogP contribution in [0.3, 0.4) is 0 Å². The Balaban J connectivity index is 2.07. The van der Waals surface area contributed by atoms with Crippen molar-refractivity contribution in [3.05, 3.63) is 29.7 Å². The Labute approximate surface area is 107 Å². The normalized spacial score (nSPS) is 28.7. The number of aromatic nitrogens is 1. The van der Waals surface area contributed by atoms with Gasteiger partial charge in [-0.2, -0.15) is 0 Å². The number of benzene rings is 1. The van der Waals surface area contributed by atoms with Gasteiger partial charge in [0.1, 0.15) is 5.52 Å². The van der Waals surface area contributed by atoms with E-state index < -0.39 is 0 Å². The van der Waals surface area contributed by atoms with Gasteiger partial charge in [-0.1, -0.05) is 18.9 Å². The highest BCUT2D eigenvalue weighted by molar-refractivity contribution is 5.73. The summed E-state index contributed by atoms with van der Waals surface area (Å²) in [4.78, 5) is 4.65. The zero-order valence-electron chi connectivity index (χ0n) is 11.1. The van der Waals surface area contributed by atoms with Gasteiger partial charge < -0.3 is 10.2 Å². The standard InChI is InChI=1S/C15H20N2O/c1-10-6-7-11-12(9-10)18-14(17-11)15(2)8-4-3-5-13(15)16/h6-7,9,13H,3-5,8,16H2,1-2H3. The summed E-state index contributed by atoms with van der Waals surface area (Å²) in [5.74, 6) is 0.815. The van der Waals surface area contributed by atoms with Crippen molar-refractivity contribution in [2.45, 2.75) is 51.0 Å². The van der Waals surface area contributed by atoms with Gasteiger partial charge in [0.15, 0.2) is 5.58 Å². The smallest absolute Gasteiger partial charge is 0.202 e. The van der Waals surface area contributed by atoms with Crippen molar-refractivity contribution < 1.29 is 4.42 Å². The quantitative estimate of drug-likeness (QED) is 0.837. The zero-order valence-corrected chi connectivity index (χ0v) is 11.1. The van der Waals surface area contributed by atoms with Crippen LogP contribution in [0.15, 0.2) is 22.6 Å². The predicted octanol–water partition coefficient (Wildman–Crippen LogP) is 3.30. The number of hydrogen-bond acceptors (Lipinski definition) is 3. The van der Waals surface area contributed by atoms with Crippen LogP contribution in [0.25, 0.3) is 11.1 Å². The Bertz CT molecular complexity index is 575. The highest BCUT2D eigenvalue weighted by Crippen LogP contribution is 2.38. The molecule has 0 amide bonds. The summed E-state index contributed by atoms with van der Waals surface area (Å²) in [6.45, 7) is 4.25. The molecule has 0 aliphatic heterocycles. The number of nitrogens with two attached hydrogens (primary N) is 1. The minimum absolute atomic E-state index is 0.106. The zero-order chi connectivity index (χ0) is 12.8. The van der Waals surface area contributed by atoms with Gasteiger partial charge >= 0.3 is 0 Å². The van der Waals surface area contributed by atoms with Crippen molar-refractivity contribution in [3.63, 3.8) is 0 Å². The molecule has 2 unspecified atom stereocenters. The summed E-state index contributed by atoms with van der Waals surface area (Å²) in [5.41, 5.74) is 9.21. The fourth-order valence-corrected chi connectivity index (χ4v) is 2.90. The van der Waals surface area contributed by atoms with E-state index >= 15 is 0 Å². The van der Waals surface area contributed by atoms with Gasteiger partial charge in [-0.25, -0.2) is 4.98 Å². The number of hydrogen-bond donors (Lipinski definition) is 1. The molecule has 1 aromatic carbocycles. The first kappa shape index (κ1) is 11.7. The molecule has 3 nitrogen and oxygen atoms in total. The van der Waals surface area contributed by atoms with Crippen LogP contribution in [0, 0.1) is 6.92 Å². The molecule has 0 bridgehead atoms. The molecule has 18 heavy (non-hydrogen) atoms. The largest absolute Gasteiger partial charge is 0.440 e. The lowest BCUT2D eigenvalue weighted by Crippen LogP contribution is -2.45. The highest BCUT2D eigenvalue weighted by Gasteiger charge is 2.40. The lowest BCUT2D eigenvalue weighted by Gasteiger charge is -2.36. The van der Waals surface area contributed by atoms with Gasteiger partial charge in [-0.3, -0.25) is 0 Å². The first-order valence-electron chi connectivity index (χ1n) is 6.73. The van der Waals surface area contributed by atoms with Crippen LogP contribution >= 0.6 is 0 Å². The molecule has 3 heteroatoms. The van der Waals surface area contributed by atoms with Gasteiger partial charge in [-0.05, 0) is 44.4 Å². The van der Waals surface area contributed by atoms with Gasteiger partial charge in [0, 0.05) is 6.04 Å². The topological polar surface area (TPSA) is 52.0 Å². The van der Waals surface area contributed by atoms with Gasteiger partial charge in [0.05, 0.1) is 5.41 Å². The van der Waals surface area contributed by atoms with Crippen LogP contribution in [0.2, 0.25) is 0 Å². The second kappa shape index (κ2) is 4.09. The van der Waals surface area contributed by atoms with E-state index in [0.717, 1.165) is 29.8 Å². The number of oxazole rings is 1. The summed E-state index contributed by atoms with van der Waals surface area (Å²) in [5, 5.41) is 0. The second-order valence-corrected chi connectivity index (χ2v) is 5.76. The summed E-state index contributed by atoms with van der Waals surface area (Å²) in [6.07, 6.45) is 4.56. The third kappa shape index (κ3) is 1.74. The van der Waals surface area contributed by atoms with E-state index in [1.807, 2.05) is 12.1 Å². The molecule has 2 N–H and O–H groups in total. The Hall–Kier alpha value is -1.35. The Morgan fingerprint density at radius 3 is 3.00 bits per heavy atom. The van der Waals surface area contributed by atoms with Crippen molar-refractivity contribution in [1.29, 1.82) is 0 Å². The van der Waals surface area contributed by atoms with Crippen molar-refractivity contribution in [2.24, 2.45) is 5.73 Å². The Kier molecular flexibility index (Phi) is 2.67. The van der Waals surface area contributed by atoms with Gasteiger partial charge in [0.2, 0.25) is 5.89 Å². The molecule has 1 saturated carbocycles. The third-order valence-corrected chi connectivity index (χ3v) is 4.31. The summed E-state index contributed by atoms with van der Waals surface area (Å²) in [7, 11) is 0.